The summed E-state index contributed by atoms with van der Waals surface area (Å²) in [7, 11) is 0. The van der Waals surface area contributed by atoms with E-state index in [2.05, 4.69) is 5.32 Å². The molecule has 2 aromatic carbocycles. The molecule has 0 radical (unpaired) electrons. The number of hydrogen-bond donors (Lipinski definition) is 2. The molecule has 0 unspecified atom stereocenters. The van der Waals surface area contributed by atoms with Gasteiger partial charge in [-0.2, -0.15) is 5.26 Å². The number of amides is 1. The Bertz CT molecular complexity index is 860. The minimum Gasteiger partial charge on any atom is -0.506 e. The van der Waals surface area contributed by atoms with Gasteiger partial charge in [0.1, 0.15) is 17.4 Å². The Morgan fingerprint density at radius 1 is 1.21 bits per heavy atom. The first-order chi connectivity index (χ1) is 11.3. The summed E-state index contributed by atoms with van der Waals surface area (Å²) in [4.78, 5) is 12.4. The van der Waals surface area contributed by atoms with Crippen LogP contribution in [0, 0.1) is 32.3 Å². The van der Waals surface area contributed by atoms with Crippen LogP contribution in [-0.4, -0.2) is 11.0 Å². The Kier molecular flexibility index (Phi) is 6.23. The summed E-state index contributed by atoms with van der Waals surface area (Å²) in [6.07, 6.45) is 1.52. The molecule has 0 aliphatic heterocycles. The van der Waals surface area contributed by atoms with Crippen LogP contribution < -0.4 is 5.32 Å². The van der Waals surface area contributed by atoms with Gasteiger partial charge in [-0.15, -0.1) is 0 Å². The van der Waals surface area contributed by atoms with Gasteiger partial charge in [-0.25, -0.2) is 0 Å². The molecular weight excluding hydrogens is 530 g/mol. The minimum absolute atomic E-state index is 0.00673. The van der Waals surface area contributed by atoms with Crippen molar-refractivity contribution in [2.24, 2.45) is 0 Å². The standard InChI is InChI=1S/C18H14I2N2O2/c1-10-3-4-16(11(2)5-10)22-18(24)13(9-21)6-12-7-14(19)17(23)15(20)8-12/h3-8,23H,1-2H3,(H,22,24)/b13-6+. The third-order valence-electron chi connectivity index (χ3n) is 3.35. The zero-order valence-electron chi connectivity index (χ0n) is 13.0. The molecule has 0 spiro atoms. The van der Waals surface area contributed by atoms with E-state index in [0.29, 0.717) is 18.4 Å². The second-order valence-corrected chi connectivity index (χ2v) is 7.60. The number of aromatic hydroxyl groups is 1. The maximum absolute atomic E-state index is 12.4. The molecule has 1 amide bonds. The van der Waals surface area contributed by atoms with Gasteiger partial charge in [0.25, 0.3) is 5.91 Å². The highest BCUT2D eigenvalue weighted by molar-refractivity contribution is 14.1. The fraction of sp³-hybridized carbons (Fsp3) is 0.111. The van der Waals surface area contributed by atoms with Crippen LogP contribution in [0.2, 0.25) is 0 Å². The first-order valence-corrected chi connectivity index (χ1v) is 9.16. The molecule has 0 aliphatic carbocycles. The molecular formula is C18H14I2N2O2. The molecule has 24 heavy (non-hydrogen) atoms. The predicted molar refractivity (Wildman–Crippen MR) is 112 cm³/mol. The first-order valence-electron chi connectivity index (χ1n) is 7.00. The number of phenolic OH excluding ortho intramolecular Hbond substituents is 1. The summed E-state index contributed by atoms with van der Waals surface area (Å²) in [6, 6.07) is 11.1. The number of rotatable bonds is 3. The van der Waals surface area contributed by atoms with E-state index in [0.717, 1.165) is 11.1 Å². The van der Waals surface area contributed by atoms with E-state index in [-0.39, 0.29) is 11.3 Å². The predicted octanol–water partition coefficient (Wildman–Crippen LogP) is 4.76. The molecule has 122 valence electrons. The first kappa shape index (κ1) is 18.7. The lowest BCUT2D eigenvalue weighted by atomic mass is 10.1. The largest absolute Gasteiger partial charge is 0.506 e. The maximum atomic E-state index is 12.4. The van der Waals surface area contributed by atoms with Gasteiger partial charge in [0, 0.05) is 5.69 Å². The Morgan fingerprint density at radius 2 is 1.83 bits per heavy atom. The highest BCUT2D eigenvalue weighted by Gasteiger charge is 2.12. The van der Waals surface area contributed by atoms with Crippen LogP contribution in [0.25, 0.3) is 6.08 Å². The van der Waals surface area contributed by atoms with Crippen LogP contribution in [0.3, 0.4) is 0 Å². The zero-order valence-corrected chi connectivity index (χ0v) is 17.3. The lowest BCUT2D eigenvalue weighted by Gasteiger charge is -2.09. The number of carbonyl (C=O) groups is 1. The van der Waals surface area contributed by atoms with Crippen molar-refractivity contribution in [3.8, 4) is 11.8 Å². The lowest BCUT2D eigenvalue weighted by molar-refractivity contribution is -0.112. The topological polar surface area (TPSA) is 73.1 Å². The van der Waals surface area contributed by atoms with E-state index in [4.69, 9.17) is 0 Å². The number of halogens is 2. The normalized spacial score (nSPS) is 11.0. The third-order valence-corrected chi connectivity index (χ3v) is 4.99. The Labute approximate surface area is 167 Å². The van der Waals surface area contributed by atoms with E-state index < -0.39 is 5.91 Å². The Hall–Kier alpha value is -1.60. The van der Waals surface area contributed by atoms with Crippen molar-refractivity contribution in [2.45, 2.75) is 13.8 Å². The highest BCUT2D eigenvalue weighted by Crippen LogP contribution is 2.28. The second-order valence-electron chi connectivity index (χ2n) is 5.28. The smallest absolute Gasteiger partial charge is 0.266 e. The molecule has 0 saturated heterocycles. The van der Waals surface area contributed by atoms with Crippen LogP contribution in [0.1, 0.15) is 16.7 Å². The van der Waals surface area contributed by atoms with Crippen LogP contribution in [0.4, 0.5) is 5.69 Å². The number of nitrogens with one attached hydrogen (secondary N) is 1. The summed E-state index contributed by atoms with van der Waals surface area (Å²) < 4.78 is 1.33. The van der Waals surface area contributed by atoms with Gasteiger partial charge < -0.3 is 10.4 Å². The number of nitrogens with zero attached hydrogens (tertiary/aromatic N) is 1. The van der Waals surface area contributed by atoms with Crippen LogP contribution in [0.15, 0.2) is 35.9 Å². The molecule has 2 N–H and O–H groups in total. The summed E-state index contributed by atoms with van der Waals surface area (Å²) in [5.74, 6) is -0.255. The summed E-state index contributed by atoms with van der Waals surface area (Å²) in [6.45, 7) is 3.89. The van der Waals surface area contributed by atoms with Crippen LogP contribution in [0.5, 0.6) is 5.75 Å². The van der Waals surface area contributed by atoms with Crippen molar-refractivity contribution < 1.29 is 9.90 Å². The van der Waals surface area contributed by atoms with E-state index in [9.17, 15) is 15.2 Å². The number of anilines is 1. The number of carbonyl (C=O) groups excluding carboxylic acids is 1. The summed E-state index contributed by atoms with van der Waals surface area (Å²) >= 11 is 4.02. The van der Waals surface area contributed by atoms with Gasteiger partial charge in [0.05, 0.1) is 7.14 Å². The SMILES string of the molecule is Cc1ccc(NC(=O)/C(C#N)=C/c2cc(I)c(O)c(I)c2)c(C)c1. The van der Waals surface area contributed by atoms with Gasteiger partial charge >= 0.3 is 0 Å². The maximum Gasteiger partial charge on any atom is 0.266 e. The molecule has 0 fully saturated rings. The van der Waals surface area contributed by atoms with Crippen molar-refractivity contribution in [2.75, 3.05) is 5.32 Å². The number of hydrogen-bond acceptors (Lipinski definition) is 3. The molecule has 0 atom stereocenters. The molecule has 2 rings (SSSR count). The summed E-state index contributed by atoms with van der Waals surface area (Å²) in [5, 5.41) is 21.9. The fourth-order valence-electron chi connectivity index (χ4n) is 2.13. The lowest BCUT2D eigenvalue weighted by Crippen LogP contribution is -2.14. The zero-order chi connectivity index (χ0) is 17.9. The molecule has 4 nitrogen and oxygen atoms in total. The summed E-state index contributed by atoms with van der Waals surface area (Å²) in [5.41, 5.74) is 3.42. The van der Waals surface area contributed by atoms with E-state index in [1.54, 1.807) is 12.1 Å². The van der Waals surface area contributed by atoms with Gasteiger partial charge in [-0.05, 0) is 94.4 Å². The van der Waals surface area contributed by atoms with Crippen LogP contribution >= 0.6 is 45.2 Å². The number of nitriles is 1. The number of phenols is 1. The molecule has 6 heteroatoms. The molecule has 0 heterocycles. The Morgan fingerprint density at radius 3 is 2.38 bits per heavy atom. The van der Waals surface area contributed by atoms with Crippen molar-refractivity contribution in [1.29, 1.82) is 5.26 Å². The van der Waals surface area contributed by atoms with E-state index in [1.807, 2.05) is 83.3 Å². The van der Waals surface area contributed by atoms with Crippen LogP contribution in [-0.2, 0) is 4.79 Å². The van der Waals surface area contributed by atoms with E-state index in [1.165, 1.54) is 6.08 Å². The fourth-order valence-corrected chi connectivity index (χ4v) is 3.94. The Balaban J connectivity index is 2.31. The van der Waals surface area contributed by atoms with Gasteiger partial charge in [-0.3, -0.25) is 4.79 Å². The molecule has 0 aromatic heterocycles. The van der Waals surface area contributed by atoms with Crippen molar-refractivity contribution in [1.82, 2.24) is 0 Å². The highest BCUT2D eigenvalue weighted by atomic mass is 127. The van der Waals surface area contributed by atoms with Crippen molar-refractivity contribution in [3.63, 3.8) is 0 Å². The van der Waals surface area contributed by atoms with E-state index >= 15 is 0 Å². The molecule has 0 saturated carbocycles. The molecule has 0 bridgehead atoms. The monoisotopic (exact) mass is 544 g/mol. The number of benzene rings is 2. The molecule has 2 aromatic rings. The van der Waals surface area contributed by atoms with Gasteiger partial charge in [0.2, 0.25) is 0 Å². The third kappa shape index (κ3) is 4.48. The van der Waals surface area contributed by atoms with Crippen molar-refractivity contribution in [3.05, 3.63) is 59.7 Å². The van der Waals surface area contributed by atoms with Gasteiger partial charge in [0.15, 0.2) is 0 Å². The second kappa shape index (κ2) is 7.98. The number of aryl methyl sites for hydroxylation is 2. The quantitative estimate of drug-likeness (QED) is 0.333. The van der Waals surface area contributed by atoms with Gasteiger partial charge in [-0.1, -0.05) is 17.7 Å². The minimum atomic E-state index is -0.456. The van der Waals surface area contributed by atoms with Crippen molar-refractivity contribution >= 4 is 62.9 Å². The average molecular weight is 544 g/mol. The average Bonchev–Trinajstić information content (AvgIpc) is 2.52. The molecule has 0 aliphatic rings.